The van der Waals surface area contributed by atoms with Crippen LogP contribution in [0.15, 0.2) is 10.9 Å². The molecular formula is C13H15ClN2O2. The topological polar surface area (TPSA) is 73.7 Å². The second-order valence-electron chi connectivity index (χ2n) is 4.01. The van der Waals surface area contributed by atoms with Crippen LogP contribution < -0.4 is 5.56 Å². The number of hydrogen-bond donors (Lipinski definition) is 1. The Balaban J connectivity index is 3.35. The van der Waals surface area contributed by atoms with Crippen molar-refractivity contribution in [2.75, 3.05) is 0 Å². The molecule has 0 saturated carbocycles. The van der Waals surface area contributed by atoms with Crippen molar-refractivity contribution in [3.05, 3.63) is 33.2 Å². The molecule has 1 aromatic rings. The van der Waals surface area contributed by atoms with Crippen LogP contribution in [0.25, 0.3) is 0 Å². The molecule has 18 heavy (non-hydrogen) atoms. The smallest absolute Gasteiger partial charge is 0.266 e. The fourth-order valence-corrected chi connectivity index (χ4v) is 1.79. The Morgan fingerprint density at radius 2 is 2.22 bits per heavy atom. The van der Waals surface area contributed by atoms with E-state index in [1.54, 1.807) is 6.07 Å². The van der Waals surface area contributed by atoms with E-state index in [2.05, 4.69) is 4.98 Å². The van der Waals surface area contributed by atoms with Crippen molar-refractivity contribution in [2.45, 2.75) is 38.5 Å². The third-order valence-electron chi connectivity index (χ3n) is 2.65. The highest BCUT2D eigenvalue weighted by Gasteiger charge is 2.20. The third-order valence-corrected chi connectivity index (χ3v) is 3.16. The van der Waals surface area contributed by atoms with E-state index in [0.717, 1.165) is 6.42 Å². The van der Waals surface area contributed by atoms with Gasteiger partial charge in [0.25, 0.3) is 5.56 Å². The molecule has 0 aliphatic rings. The SMILES string of the molecule is CCCc1[nH]c(=O)c(C#N)cc1C(=O)C(Cl)CC. The van der Waals surface area contributed by atoms with Crippen LogP contribution in [0.2, 0.25) is 0 Å². The van der Waals surface area contributed by atoms with E-state index < -0.39 is 10.9 Å². The quantitative estimate of drug-likeness (QED) is 0.657. The highest BCUT2D eigenvalue weighted by molar-refractivity contribution is 6.34. The number of ketones is 1. The molecule has 1 atom stereocenters. The molecule has 0 amide bonds. The first-order chi connectivity index (χ1) is 8.54. The Morgan fingerprint density at radius 1 is 1.56 bits per heavy atom. The van der Waals surface area contributed by atoms with E-state index in [1.807, 2.05) is 13.8 Å². The van der Waals surface area contributed by atoms with Crippen molar-refractivity contribution in [2.24, 2.45) is 0 Å². The number of carbonyl (C=O) groups is 1. The summed E-state index contributed by atoms with van der Waals surface area (Å²) in [6, 6.07) is 3.12. The normalized spacial score (nSPS) is 11.9. The second kappa shape index (κ2) is 6.36. The minimum Gasteiger partial charge on any atom is -0.324 e. The van der Waals surface area contributed by atoms with E-state index >= 15 is 0 Å². The summed E-state index contributed by atoms with van der Waals surface area (Å²) in [6.45, 7) is 3.76. The number of rotatable bonds is 5. The van der Waals surface area contributed by atoms with Gasteiger partial charge in [0.15, 0.2) is 5.78 Å². The third kappa shape index (κ3) is 2.99. The van der Waals surface area contributed by atoms with Gasteiger partial charge in [-0.05, 0) is 18.9 Å². The molecule has 5 heteroatoms. The van der Waals surface area contributed by atoms with E-state index in [-0.39, 0.29) is 11.3 Å². The van der Waals surface area contributed by atoms with Gasteiger partial charge in [-0.25, -0.2) is 0 Å². The maximum absolute atomic E-state index is 12.1. The molecular weight excluding hydrogens is 252 g/mol. The molecule has 0 spiro atoms. The number of pyridine rings is 1. The zero-order chi connectivity index (χ0) is 13.7. The number of aryl methyl sites for hydroxylation is 1. The first-order valence-electron chi connectivity index (χ1n) is 5.89. The van der Waals surface area contributed by atoms with Crippen molar-refractivity contribution in [3.8, 4) is 6.07 Å². The van der Waals surface area contributed by atoms with E-state index in [4.69, 9.17) is 16.9 Å². The van der Waals surface area contributed by atoms with Crippen LogP contribution in [0.4, 0.5) is 0 Å². The molecule has 0 aromatic carbocycles. The lowest BCUT2D eigenvalue weighted by Gasteiger charge is -2.10. The molecule has 96 valence electrons. The van der Waals surface area contributed by atoms with Gasteiger partial charge in [-0.3, -0.25) is 9.59 Å². The number of aromatic amines is 1. The number of Topliss-reactive ketones (excluding diaryl/α,β-unsaturated/α-hetero) is 1. The summed E-state index contributed by atoms with van der Waals surface area (Å²) in [6.07, 6.45) is 1.88. The Kier molecular flexibility index (Phi) is 5.11. The predicted octanol–water partition coefficient (Wildman–Crippen LogP) is 2.40. The standard InChI is InChI=1S/C13H15ClN2O2/c1-3-5-11-9(12(17)10(14)4-2)6-8(7-15)13(18)16-11/h6,10H,3-5H2,1-2H3,(H,16,18). The van der Waals surface area contributed by atoms with Crippen LogP contribution in [0.3, 0.4) is 0 Å². The summed E-state index contributed by atoms with van der Waals surface area (Å²) in [5.41, 5.74) is 0.402. The lowest BCUT2D eigenvalue weighted by Crippen LogP contribution is -2.22. The molecule has 4 nitrogen and oxygen atoms in total. The summed E-state index contributed by atoms with van der Waals surface area (Å²) >= 11 is 5.93. The van der Waals surface area contributed by atoms with Crippen molar-refractivity contribution in [3.63, 3.8) is 0 Å². The van der Waals surface area contributed by atoms with Crippen LogP contribution >= 0.6 is 11.6 Å². The van der Waals surface area contributed by atoms with Gasteiger partial charge in [-0.1, -0.05) is 20.3 Å². The van der Waals surface area contributed by atoms with Gasteiger partial charge in [0.1, 0.15) is 11.6 Å². The number of nitrogens with zero attached hydrogens (tertiary/aromatic N) is 1. The number of aromatic nitrogens is 1. The average molecular weight is 267 g/mol. The molecule has 0 radical (unpaired) electrons. The number of carbonyl (C=O) groups excluding carboxylic acids is 1. The van der Waals surface area contributed by atoms with Crippen LogP contribution in [0.1, 0.15) is 48.3 Å². The maximum atomic E-state index is 12.1. The van der Waals surface area contributed by atoms with Gasteiger partial charge in [-0.2, -0.15) is 5.26 Å². The Hall–Kier alpha value is -1.60. The van der Waals surface area contributed by atoms with Crippen LogP contribution in [-0.4, -0.2) is 16.1 Å². The van der Waals surface area contributed by atoms with E-state index in [0.29, 0.717) is 24.1 Å². The first-order valence-corrected chi connectivity index (χ1v) is 6.33. The maximum Gasteiger partial charge on any atom is 0.266 e. The van der Waals surface area contributed by atoms with Crippen LogP contribution in [0, 0.1) is 11.3 Å². The van der Waals surface area contributed by atoms with Gasteiger partial charge in [0.05, 0.1) is 5.38 Å². The molecule has 0 bridgehead atoms. The number of nitriles is 1. The summed E-state index contributed by atoms with van der Waals surface area (Å²) in [4.78, 5) is 26.2. The number of H-pyrrole nitrogens is 1. The summed E-state index contributed by atoms with van der Waals surface area (Å²) in [7, 11) is 0. The molecule has 1 unspecified atom stereocenters. The number of alkyl halides is 1. The lowest BCUT2D eigenvalue weighted by molar-refractivity contribution is 0.0984. The summed E-state index contributed by atoms with van der Waals surface area (Å²) in [5.74, 6) is -0.240. The molecule has 0 aliphatic carbocycles. The van der Waals surface area contributed by atoms with Crippen LogP contribution in [0.5, 0.6) is 0 Å². The van der Waals surface area contributed by atoms with Crippen molar-refractivity contribution >= 4 is 17.4 Å². The molecule has 0 aliphatic heterocycles. The predicted molar refractivity (Wildman–Crippen MR) is 70.0 cm³/mol. The van der Waals surface area contributed by atoms with Gasteiger partial charge in [0.2, 0.25) is 0 Å². The lowest BCUT2D eigenvalue weighted by atomic mass is 10.0. The summed E-state index contributed by atoms with van der Waals surface area (Å²) in [5, 5.41) is 8.20. The molecule has 0 saturated heterocycles. The highest BCUT2D eigenvalue weighted by Crippen LogP contribution is 2.15. The highest BCUT2D eigenvalue weighted by atomic mass is 35.5. The Morgan fingerprint density at radius 3 is 2.72 bits per heavy atom. The largest absolute Gasteiger partial charge is 0.324 e. The van der Waals surface area contributed by atoms with E-state index in [1.165, 1.54) is 6.07 Å². The number of halogens is 1. The van der Waals surface area contributed by atoms with Crippen molar-refractivity contribution in [1.82, 2.24) is 4.98 Å². The first kappa shape index (κ1) is 14.5. The molecule has 1 aromatic heterocycles. The minimum absolute atomic E-state index is 0.0572. The van der Waals surface area contributed by atoms with Crippen molar-refractivity contribution in [1.29, 1.82) is 5.26 Å². The molecule has 1 N–H and O–H groups in total. The molecule has 0 fully saturated rings. The molecule has 1 heterocycles. The minimum atomic E-state index is -0.627. The average Bonchev–Trinajstić information content (AvgIpc) is 2.37. The number of hydrogen-bond acceptors (Lipinski definition) is 3. The zero-order valence-electron chi connectivity index (χ0n) is 10.4. The molecule has 1 rings (SSSR count). The fraction of sp³-hybridized carbons (Fsp3) is 0.462. The fourth-order valence-electron chi connectivity index (χ4n) is 1.67. The summed E-state index contributed by atoms with van der Waals surface area (Å²) < 4.78 is 0. The van der Waals surface area contributed by atoms with Crippen molar-refractivity contribution < 1.29 is 4.79 Å². The van der Waals surface area contributed by atoms with E-state index in [9.17, 15) is 9.59 Å². The monoisotopic (exact) mass is 266 g/mol. The Labute approximate surface area is 111 Å². The van der Waals surface area contributed by atoms with Gasteiger partial charge in [-0.15, -0.1) is 11.6 Å². The Bertz CT molecular complexity index is 543. The van der Waals surface area contributed by atoms with Gasteiger partial charge < -0.3 is 4.98 Å². The van der Waals surface area contributed by atoms with Gasteiger partial charge in [0, 0.05) is 11.3 Å². The second-order valence-corrected chi connectivity index (χ2v) is 4.53. The number of nitrogens with one attached hydrogen (secondary N) is 1. The zero-order valence-corrected chi connectivity index (χ0v) is 11.2. The van der Waals surface area contributed by atoms with Gasteiger partial charge >= 0.3 is 0 Å². The van der Waals surface area contributed by atoms with Crippen LogP contribution in [-0.2, 0) is 6.42 Å².